The third-order valence-corrected chi connectivity index (χ3v) is 7.57. The third-order valence-electron chi connectivity index (χ3n) is 7.32. The molecule has 3 rings (SSSR count). The van der Waals surface area contributed by atoms with Gasteiger partial charge in [0, 0.05) is 10.6 Å². The highest BCUT2D eigenvalue weighted by atomic mass is 35.5. The number of hydrogen-bond acceptors (Lipinski definition) is 0. The van der Waals surface area contributed by atoms with Gasteiger partial charge in [-0.2, -0.15) is 0 Å². The molecule has 2 aliphatic rings. The van der Waals surface area contributed by atoms with Gasteiger partial charge in [0.1, 0.15) is 0 Å². The summed E-state index contributed by atoms with van der Waals surface area (Å²) in [5.41, 5.74) is 1.03. The molecule has 29 heavy (non-hydrogen) atoms. The number of benzene rings is 1. The van der Waals surface area contributed by atoms with Gasteiger partial charge in [0.2, 0.25) is 0 Å². The molecule has 0 aliphatic heterocycles. The van der Waals surface area contributed by atoms with Gasteiger partial charge in [-0.3, -0.25) is 0 Å². The van der Waals surface area contributed by atoms with E-state index in [4.69, 9.17) is 11.6 Å². The van der Waals surface area contributed by atoms with Gasteiger partial charge in [0.25, 0.3) is 0 Å². The first-order valence-corrected chi connectivity index (χ1v) is 12.5. The Labute approximate surface area is 184 Å². The fourth-order valence-corrected chi connectivity index (χ4v) is 5.41. The maximum atomic E-state index is 5.91. The average molecular weight is 411 g/mol. The van der Waals surface area contributed by atoms with E-state index < -0.39 is 0 Å². The van der Waals surface area contributed by atoms with Crippen LogP contribution in [0, 0.1) is 35.5 Å². The van der Waals surface area contributed by atoms with Crippen LogP contribution < -0.4 is 0 Å². The normalized spacial score (nSPS) is 27.5. The first-order valence-electron chi connectivity index (χ1n) is 12.2. The van der Waals surface area contributed by atoms with Gasteiger partial charge in [0.15, 0.2) is 0 Å². The van der Waals surface area contributed by atoms with Crippen LogP contribution in [0.4, 0.5) is 0 Å². The smallest absolute Gasteiger partial charge is 0.0406 e. The molecular formula is C28H39Cl. The lowest BCUT2D eigenvalue weighted by Crippen LogP contribution is -2.17. The van der Waals surface area contributed by atoms with Crippen molar-refractivity contribution in [1.29, 1.82) is 0 Å². The molecular weight excluding hydrogens is 372 g/mol. The quantitative estimate of drug-likeness (QED) is 0.393. The highest BCUT2D eigenvalue weighted by Gasteiger charge is 2.23. The summed E-state index contributed by atoms with van der Waals surface area (Å²) < 4.78 is 0. The number of rotatable bonds is 7. The van der Waals surface area contributed by atoms with Crippen LogP contribution in [0.5, 0.6) is 0 Å². The molecule has 1 heteroatoms. The van der Waals surface area contributed by atoms with Crippen LogP contribution >= 0.6 is 11.6 Å². The van der Waals surface area contributed by atoms with E-state index in [2.05, 4.69) is 30.9 Å². The van der Waals surface area contributed by atoms with Gasteiger partial charge < -0.3 is 0 Å². The van der Waals surface area contributed by atoms with Crippen molar-refractivity contribution in [2.45, 2.75) is 90.4 Å². The van der Waals surface area contributed by atoms with Crippen LogP contribution in [0.25, 0.3) is 0 Å². The van der Waals surface area contributed by atoms with Gasteiger partial charge >= 0.3 is 0 Å². The standard InChI is InChI=1S/C28H39Cl/c1-2-3-6-23-9-13-26(14-10-23)17-18-27-15-11-24(12-16-27)7-4-5-8-25-19-21-28(29)22-20-25/h4,7,19-24,26-27H,2-3,6,9-18H2,1H3/b7-4+. The molecule has 0 unspecified atom stereocenters. The molecule has 1 aromatic carbocycles. The van der Waals surface area contributed by atoms with E-state index in [-0.39, 0.29) is 0 Å². The maximum Gasteiger partial charge on any atom is 0.0406 e. The Hall–Kier alpha value is -1.19. The van der Waals surface area contributed by atoms with Crippen molar-refractivity contribution in [3.05, 3.63) is 47.0 Å². The summed E-state index contributed by atoms with van der Waals surface area (Å²) >= 11 is 5.91. The zero-order valence-electron chi connectivity index (χ0n) is 18.3. The van der Waals surface area contributed by atoms with Gasteiger partial charge in [-0.15, -0.1) is 0 Å². The summed E-state index contributed by atoms with van der Waals surface area (Å²) in [4.78, 5) is 0. The van der Waals surface area contributed by atoms with E-state index in [9.17, 15) is 0 Å². The van der Waals surface area contributed by atoms with Crippen LogP contribution in [-0.4, -0.2) is 0 Å². The molecule has 0 spiro atoms. The number of unbranched alkanes of at least 4 members (excludes halogenated alkanes) is 1. The van der Waals surface area contributed by atoms with Crippen LogP contribution in [-0.2, 0) is 0 Å². The summed E-state index contributed by atoms with van der Waals surface area (Å²) in [5, 5.41) is 0.766. The highest BCUT2D eigenvalue weighted by molar-refractivity contribution is 6.30. The van der Waals surface area contributed by atoms with E-state index in [1.165, 1.54) is 83.5 Å². The second kappa shape index (κ2) is 12.5. The van der Waals surface area contributed by atoms with E-state index >= 15 is 0 Å². The molecule has 1 aromatic rings. The van der Waals surface area contributed by atoms with Gasteiger partial charge in [-0.25, -0.2) is 0 Å². The summed E-state index contributed by atoms with van der Waals surface area (Å²) in [6.07, 6.45) is 23.3. The Morgan fingerprint density at radius 2 is 1.38 bits per heavy atom. The molecule has 0 radical (unpaired) electrons. The van der Waals surface area contributed by atoms with Crippen LogP contribution in [0.15, 0.2) is 36.4 Å². The molecule has 158 valence electrons. The summed E-state index contributed by atoms with van der Waals surface area (Å²) in [6.45, 7) is 2.32. The number of halogens is 1. The summed E-state index contributed by atoms with van der Waals surface area (Å²) in [6, 6.07) is 7.75. The van der Waals surface area contributed by atoms with Gasteiger partial charge in [0.05, 0.1) is 0 Å². The minimum atomic E-state index is 0.736. The van der Waals surface area contributed by atoms with Crippen molar-refractivity contribution >= 4 is 11.6 Å². The molecule has 0 heterocycles. The van der Waals surface area contributed by atoms with E-state index in [0.29, 0.717) is 0 Å². The molecule has 2 fully saturated rings. The highest BCUT2D eigenvalue weighted by Crippen LogP contribution is 2.37. The summed E-state index contributed by atoms with van der Waals surface area (Å²) in [5.74, 6) is 10.2. The largest absolute Gasteiger partial charge is 0.0843 e. The Morgan fingerprint density at radius 1 is 0.828 bits per heavy atom. The van der Waals surface area contributed by atoms with Crippen molar-refractivity contribution in [3.63, 3.8) is 0 Å². The molecule has 0 nitrogen and oxygen atoms in total. The summed E-state index contributed by atoms with van der Waals surface area (Å²) in [7, 11) is 0. The molecule has 2 aliphatic carbocycles. The van der Waals surface area contributed by atoms with Crippen molar-refractivity contribution in [2.24, 2.45) is 23.7 Å². The zero-order valence-corrected chi connectivity index (χ0v) is 19.1. The number of allylic oxidation sites excluding steroid dienone is 2. The van der Waals surface area contributed by atoms with Crippen molar-refractivity contribution in [2.75, 3.05) is 0 Å². The van der Waals surface area contributed by atoms with Crippen molar-refractivity contribution in [3.8, 4) is 11.8 Å². The predicted octanol–water partition coefficient (Wildman–Crippen LogP) is 8.83. The average Bonchev–Trinajstić information content (AvgIpc) is 2.76. The zero-order chi connectivity index (χ0) is 20.3. The molecule has 2 saturated carbocycles. The molecule has 0 amide bonds. The monoisotopic (exact) mass is 410 g/mol. The van der Waals surface area contributed by atoms with Crippen molar-refractivity contribution < 1.29 is 0 Å². The Morgan fingerprint density at radius 3 is 1.97 bits per heavy atom. The topological polar surface area (TPSA) is 0 Å². The Bertz CT molecular complexity index is 659. The third kappa shape index (κ3) is 8.22. The van der Waals surface area contributed by atoms with E-state index in [1.54, 1.807) is 0 Å². The van der Waals surface area contributed by atoms with E-state index in [0.717, 1.165) is 34.3 Å². The number of hydrogen-bond donors (Lipinski definition) is 0. The molecule has 0 bridgehead atoms. The lowest BCUT2D eigenvalue weighted by atomic mass is 9.75. The fourth-order valence-electron chi connectivity index (χ4n) is 5.28. The second-order valence-electron chi connectivity index (χ2n) is 9.52. The maximum absolute atomic E-state index is 5.91. The van der Waals surface area contributed by atoms with Crippen LogP contribution in [0.3, 0.4) is 0 Å². The molecule has 0 aromatic heterocycles. The predicted molar refractivity (Wildman–Crippen MR) is 127 cm³/mol. The van der Waals surface area contributed by atoms with Crippen LogP contribution in [0.2, 0.25) is 5.02 Å². The Kier molecular flexibility index (Phi) is 9.69. The minimum absolute atomic E-state index is 0.736. The van der Waals surface area contributed by atoms with Gasteiger partial charge in [-0.05, 0) is 79.7 Å². The first kappa shape index (κ1) is 22.5. The lowest BCUT2D eigenvalue weighted by molar-refractivity contribution is 0.220. The SMILES string of the molecule is CCCCC1CCC(CCC2CCC(/C=C/C#Cc3ccc(Cl)cc3)CC2)CC1. The lowest BCUT2D eigenvalue weighted by Gasteiger charge is -2.31. The minimum Gasteiger partial charge on any atom is -0.0843 e. The second-order valence-corrected chi connectivity index (χ2v) is 9.96. The molecule has 0 N–H and O–H groups in total. The van der Waals surface area contributed by atoms with E-state index in [1.807, 2.05) is 24.3 Å². The Balaban J connectivity index is 1.29. The molecule has 0 atom stereocenters. The van der Waals surface area contributed by atoms with Crippen LogP contribution in [0.1, 0.15) is 96.0 Å². The van der Waals surface area contributed by atoms with Gasteiger partial charge in [-0.1, -0.05) is 94.2 Å². The molecule has 0 saturated heterocycles. The van der Waals surface area contributed by atoms with Crippen molar-refractivity contribution in [1.82, 2.24) is 0 Å². The first-order chi connectivity index (χ1) is 14.2. The fraction of sp³-hybridized carbons (Fsp3) is 0.643.